The maximum Gasteiger partial charge on any atom is 0.242 e. The number of nitrogens with one attached hydrogen (secondary N) is 2. The van der Waals surface area contributed by atoms with Crippen molar-refractivity contribution in [3.05, 3.63) is 28.8 Å². The van der Waals surface area contributed by atoms with Gasteiger partial charge in [0.15, 0.2) is 0 Å². The van der Waals surface area contributed by atoms with Gasteiger partial charge in [-0.25, -0.2) is 13.1 Å². The molecule has 1 fully saturated rings. The third kappa shape index (κ3) is 4.33. The van der Waals surface area contributed by atoms with Crippen LogP contribution >= 0.6 is 24.0 Å². The van der Waals surface area contributed by atoms with Crippen LogP contribution in [0, 0.1) is 6.92 Å². The van der Waals surface area contributed by atoms with Gasteiger partial charge in [0.2, 0.25) is 10.0 Å². The lowest BCUT2D eigenvalue weighted by Crippen LogP contribution is -2.45. The Kier molecular flexibility index (Phi) is 6.08. The molecule has 2 rings (SSSR count). The zero-order valence-electron chi connectivity index (χ0n) is 10.6. The first-order valence-electron chi connectivity index (χ1n) is 5.98. The Morgan fingerprint density at radius 2 is 2.16 bits per heavy atom. The summed E-state index contributed by atoms with van der Waals surface area (Å²) in [6.07, 6.45) is 1.84. The van der Waals surface area contributed by atoms with Crippen LogP contribution in [0.1, 0.15) is 18.4 Å². The summed E-state index contributed by atoms with van der Waals surface area (Å²) in [5.74, 6) is 0. The maximum absolute atomic E-state index is 12.3. The summed E-state index contributed by atoms with van der Waals surface area (Å²) in [6, 6.07) is 4.95. The lowest BCUT2D eigenvalue weighted by Gasteiger charge is -2.23. The molecule has 0 radical (unpaired) electrons. The zero-order chi connectivity index (χ0) is 13.2. The predicted octanol–water partition coefficient (Wildman–Crippen LogP) is 2.10. The van der Waals surface area contributed by atoms with Gasteiger partial charge < -0.3 is 5.32 Å². The SMILES string of the molecule is Cc1ccc(Cl)c(S(=O)(=O)NC2CCCNC2)c1.Cl. The normalized spacial score (nSPS) is 19.8. The van der Waals surface area contributed by atoms with Crippen LogP contribution in [0.25, 0.3) is 0 Å². The fourth-order valence-corrected chi connectivity index (χ4v) is 3.91. The third-order valence-corrected chi connectivity index (χ3v) is 5.00. The molecule has 1 saturated heterocycles. The van der Waals surface area contributed by atoms with Crippen molar-refractivity contribution in [1.82, 2.24) is 10.0 Å². The Hall–Kier alpha value is -0.330. The molecule has 7 heteroatoms. The molecule has 1 unspecified atom stereocenters. The van der Waals surface area contributed by atoms with Crippen molar-refractivity contribution in [3.8, 4) is 0 Å². The second-order valence-electron chi connectivity index (χ2n) is 4.60. The Morgan fingerprint density at radius 3 is 2.79 bits per heavy atom. The van der Waals surface area contributed by atoms with Crippen molar-refractivity contribution in [2.75, 3.05) is 13.1 Å². The summed E-state index contributed by atoms with van der Waals surface area (Å²) in [7, 11) is -3.54. The molecule has 0 bridgehead atoms. The summed E-state index contributed by atoms with van der Waals surface area (Å²) >= 11 is 5.96. The lowest BCUT2D eigenvalue weighted by molar-refractivity contribution is 0.428. The van der Waals surface area contributed by atoms with Gasteiger partial charge in [0.1, 0.15) is 4.90 Å². The van der Waals surface area contributed by atoms with Crippen LogP contribution in [0.4, 0.5) is 0 Å². The van der Waals surface area contributed by atoms with Crippen molar-refractivity contribution in [2.24, 2.45) is 0 Å². The highest BCUT2D eigenvalue weighted by atomic mass is 35.5. The van der Waals surface area contributed by atoms with Gasteiger partial charge in [-0.3, -0.25) is 0 Å². The van der Waals surface area contributed by atoms with Gasteiger partial charge in [0.25, 0.3) is 0 Å². The van der Waals surface area contributed by atoms with E-state index < -0.39 is 10.0 Å². The van der Waals surface area contributed by atoms with E-state index in [-0.39, 0.29) is 28.4 Å². The molecule has 1 heterocycles. The smallest absolute Gasteiger partial charge is 0.242 e. The average Bonchev–Trinajstić information content (AvgIpc) is 2.33. The van der Waals surface area contributed by atoms with E-state index in [0.717, 1.165) is 24.9 Å². The fraction of sp³-hybridized carbons (Fsp3) is 0.500. The van der Waals surface area contributed by atoms with Gasteiger partial charge in [-0.15, -0.1) is 12.4 Å². The Bertz CT molecular complexity index is 529. The summed E-state index contributed by atoms with van der Waals surface area (Å²) in [6.45, 7) is 3.46. The van der Waals surface area contributed by atoms with E-state index >= 15 is 0 Å². The van der Waals surface area contributed by atoms with Gasteiger partial charge in [0.05, 0.1) is 5.02 Å². The van der Waals surface area contributed by atoms with E-state index in [1.54, 1.807) is 18.2 Å². The number of sulfonamides is 1. The highest BCUT2D eigenvalue weighted by Gasteiger charge is 2.23. The van der Waals surface area contributed by atoms with Crippen LogP contribution in [0.2, 0.25) is 5.02 Å². The lowest BCUT2D eigenvalue weighted by atomic mass is 10.1. The fourth-order valence-electron chi connectivity index (χ4n) is 2.05. The molecule has 0 aromatic heterocycles. The quantitative estimate of drug-likeness (QED) is 0.895. The second-order valence-corrected chi connectivity index (χ2v) is 6.69. The van der Waals surface area contributed by atoms with Crippen molar-refractivity contribution in [2.45, 2.75) is 30.7 Å². The molecular weight excluding hydrogens is 307 g/mol. The molecule has 0 saturated carbocycles. The topological polar surface area (TPSA) is 58.2 Å². The molecule has 1 aromatic rings. The molecule has 1 atom stereocenters. The number of hydrogen-bond acceptors (Lipinski definition) is 3. The number of piperidine rings is 1. The minimum atomic E-state index is -3.54. The van der Waals surface area contributed by atoms with Crippen LogP contribution < -0.4 is 10.0 Å². The number of benzene rings is 1. The molecule has 0 spiro atoms. The minimum Gasteiger partial charge on any atom is -0.315 e. The minimum absolute atomic E-state index is 0. The van der Waals surface area contributed by atoms with Crippen molar-refractivity contribution >= 4 is 34.0 Å². The number of aryl methyl sites for hydroxylation is 1. The van der Waals surface area contributed by atoms with Crippen LogP contribution in [-0.2, 0) is 10.0 Å². The molecular formula is C12H18Cl2N2O2S. The molecule has 1 aliphatic rings. The first-order valence-corrected chi connectivity index (χ1v) is 7.84. The summed E-state index contributed by atoms with van der Waals surface area (Å²) in [5.41, 5.74) is 0.876. The van der Waals surface area contributed by atoms with Gasteiger partial charge in [-0.1, -0.05) is 17.7 Å². The van der Waals surface area contributed by atoms with Crippen molar-refractivity contribution < 1.29 is 8.42 Å². The first kappa shape index (κ1) is 16.7. The molecule has 4 nitrogen and oxygen atoms in total. The molecule has 19 heavy (non-hydrogen) atoms. The number of rotatable bonds is 3. The predicted molar refractivity (Wildman–Crippen MR) is 79.7 cm³/mol. The highest BCUT2D eigenvalue weighted by Crippen LogP contribution is 2.22. The van der Waals surface area contributed by atoms with Gasteiger partial charge in [-0.2, -0.15) is 0 Å². The largest absolute Gasteiger partial charge is 0.315 e. The molecule has 1 aromatic carbocycles. The van der Waals surface area contributed by atoms with Gasteiger partial charge in [0, 0.05) is 12.6 Å². The standard InChI is InChI=1S/C12H17ClN2O2S.ClH/c1-9-4-5-11(13)12(7-9)18(16,17)15-10-3-2-6-14-8-10;/h4-5,7,10,14-15H,2-3,6,8H2,1H3;1H. The van der Waals surface area contributed by atoms with Crippen LogP contribution in [-0.4, -0.2) is 27.5 Å². The third-order valence-electron chi connectivity index (χ3n) is 2.99. The monoisotopic (exact) mass is 324 g/mol. The zero-order valence-corrected chi connectivity index (χ0v) is 13.0. The van der Waals surface area contributed by atoms with E-state index in [2.05, 4.69) is 10.0 Å². The molecule has 1 aliphatic heterocycles. The van der Waals surface area contributed by atoms with Crippen molar-refractivity contribution in [1.29, 1.82) is 0 Å². The van der Waals surface area contributed by atoms with E-state index in [1.165, 1.54) is 0 Å². The second kappa shape index (κ2) is 6.90. The molecule has 108 valence electrons. The van der Waals surface area contributed by atoms with Crippen LogP contribution in [0.3, 0.4) is 0 Å². The summed E-state index contributed by atoms with van der Waals surface area (Å²) < 4.78 is 27.2. The Labute approximate surface area is 125 Å². The van der Waals surface area contributed by atoms with E-state index in [0.29, 0.717) is 6.54 Å². The van der Waals surface area contributed by atoms with Gasteiger partial charge >= 0.3 is 0 Å². The Morgan fingerprint density at radius 1 is 1.42 bits per heavy atom. The van der Waals surface area contributed by atoms with Crippen molar-refractivity contribution in [3.63, 3.8) is 0 Å². The average molecular weight is 325 g/mol. The molecule has 0 amide bonds. The number of hydrogen-bond donors (Lipinski definition) is 2. The van der Waals surface area contributed by atoms with E-state index in [1.807, 2.05) is 6.92 Å². The summed E-state index contributed by atoms with van der Waals surface area (Å²) in [5, 5.41) is 3.44. The maximum atomic E-state index is 12.3. The Balaban J connectivity index is 0.00000180. The summed E-state index contributed by atoms with van der Waals surface area (Å²) in [4.78, 5) is 0.162. The molecule has 0 aliphatic carbocycles. The van der Waals surface area contributed by atoms with Crippen LogP contribution in [0.5, 0.6) is 0 Å². The van der Waals surface area contributed by atoms with Gasteiger partial charge in [-0.05, 0) is 44.0 Å². The molecule has 2 N–H and O–H groups in total. The van der Waals surface area contributed by atoms with Crippen LogP contribution in [0.15, 0.2) is 23.1 Å². The number of halogens is 2. The van der Waals surface area contributed by atoms with E-state index in [9.17, 15) is 8.42 Å². The highest BCUT2D eigenvalue weighted by molar-refractivity contribution is 7.89. The first-order chi connectivity index (χ1) is 8.49. The van der Waals surface area contributed by atoms with E-state index in [4.69, 9.17) is 11.6 Å².